The molecular formula is C15H30N2O2. The van der Waals surface area contributed by atoms with Crippen LogP contribution >= 0.6 is 0 Å². The highest BCUT2D eigenvalue weighted by atomic mass is 16.5. The predicted octanol–water partition coefficient (Wildman–Crippen LogP) is 1.90. The number of hydrogen-bond donors (Lipinski definition) is 1. The van der Waals surface area contributed by atoms with Gasteiger partial charge in [0.1, 0.15) is 0 Å². The average Bonchev–Trinajstić information content (AvgIpc) is 2.36. The monoisotopic (exact) mass is 270 g/mol. The zero-order valence-electron chi connectivity index (χ0n) is 13.2. The fourth-order valence-corrected chi connectivity index (χ4v) is 2.83. The number of carbonyl (C=O) groups is 1. The Hall–Kier alpha value is -0.610. The van der Waals surface area contributed by atoms with Gasteiger partial charge in [-0.3, -0.25) is 4.79 Å². The first-order valence-electron chi connectivity index (χ1n) is 7.43. The van der Waals surface area contributed by atoms with Gasteiger partial charge >= 0.3 is 0 Å². The number of methoxy groups -OCH3 is 1. The summed E-state index contributed by atoms with van der Waals surface area (Å²) in [4.78, 5) is 15.0. The number of rotatable bonds is 6. The Labute approximate surface area is 117 Å². The molecule has 1 heterocycles. The van der Waals surface area contributed by atoms with Crippen molar-refractivity contribution in [2.75, 3.05) is 33.4 Å². The van der Waals surface area contributed by atoms with E-state index in [1.165, 1.54) is 0 Å². The number of nitrogens with one attached hydrogen (secondary N) is 1. The molecule has 19 heavy (non-hydrogen) atoms. The SMILES string of the molecule is COCC1(C(=O)N(CC(C)C)C(C)C)CCNCC1. The molecule has 0 aromatic carbocycles. The number of ether oxygens (including phenoxy) is 1. The van der Waals surface area contributed by atoms with Crippen LogP contribution in [0.1, 0.15) is 40.5 Å². The van der Waals surface area contributed by atoms with E-state index >= 15 is 0 Å². The van der Waals surface area contributed by atoms with E-state index in [0.29, 0.717) is 12.5 Å². The second-order valence-electron chi connectivity index (χ2n) is 6.41. The zero-order valence-corrected chi connectivity index (χ0v) is 13.2. The van der Waals surface area contributed by atoms with E-state index in [1.807, 2.05) is 4.90 Å². The topological polar surface area (TPSA) is 41.6 Å². The van der Waals surface area contributed by atoms with E-state index < -0.39 is 0 Å². The second-order valence-corrected chi connectivity index (χ2v) is 6.41. The molecule has 0 saturated carbocycles. The first-order chi connectivity index (χ1) is 8.93. The van der Waals surface area contributed by atoms with Crippen LogP contribution in [-0.2, 0) is 9.53 Å². The summed E-state index contributed by atoms with van der Waals surface area (Å²) in [5, 5.41) is 3.34. The normalized spacial score (nSPS) is 18.9. The van der Waals surface area contributed by atoms with Crippen molar-refractivity contribution in [1.82, 2.24) is 10.2 Å². The Bertz CT molecular complexity index is 278. The van der Waals surface area contributed by atoms with Gasteiger partial charge in [-0.25, -0.2) is 0 Å². The molecule has 0 aromatic heterocycles. The lowest BCUT2D eigenvalue weighted by molar-refractivity contribution is -0.150. The standard InChI is InChI=1S/C15H30N2O2/c1-12(2)10-17(13(3)4)14(18)15(11-19-5)6-8-16-9-7-15/h12-13,16H,6-11H2,1-5H3. The molecule has 4 nitrogen and oxygen atoms in total. The lowest BCUT2D eigenvalue weighted by Crippen LogP contribution is -2.54. The van der Waals surface area contributed by atoms with Crippen molar-refractivity contribution in [3.63, 3.8) is 0 Å². The number of carbonyl (C=O) groups excluding carboxylic acids is 1. The minimum Gasteiger partial charge on any atom is -0.384 e. The van der Waals surface area contributed by atoms with Crippen molar-refractivity contribution in [2.45, 2.75) is 46.6 Å². The van der Waals surface area contributed by atoms with Gasteiger partial charge in [-0.15, -0.1) is 0 Å². The van der Waals surface area contributed by atoms with Crippen molar-refractivity contribution >= 4 is 5.91 Å². The maximum atomic E-state index is 13.0. The molecule has 1 saturated heterocycles. The van der Waals surface area contributed by atoms with Gasteiger partial charge in [0, 0.05) is 19.7 Å². The number of amides is 1. The molecule has 0 spiro atoms. The van der Waals surface area contributed by atoms with E-state index in [1.54, 1.807) is 7.11 Å². The molecule has 0 unspecified atom stereocenters. The summed E-state index contributed by atoms with van der Waals surface area (Å²) >= 11 is 0. The minimum atomic E-state index is -0.320. The Kier molecular flexibility index (Phi) is 6.27. The van der Waals surface area contributed by atoms with Crippen molar-refractivity contribution in [2.24, 2.45) is 11.3 Å². The molecule has 0 bridgehead atoms. The van der Waals surface area contributed by atoms with Gasteiger partial charge in [0.05, 0.1) is 12.0 Å². The highest BCUT2D eigenvalue weighted by molar-refractivity contribution is 5.83. The van der Waals surface area contributed by atoms with Crippen LogP contribution in [0.2, 0.25) is 0 Å². The first-order valence-corrected chi connectivity index (χ1v) is 7.43. The van der Waals surface area contributed by atoms with Crippen LogP contribution in [0.25, 0.3) is 0 Å². The summed E-state index contributed by atoms with van der Waals surface area (Å²) in [5.41, 5.74) is -0.320. The quantitative estimate of drug-likeness (QED) is 0.801. The number of nitrogens with zero attached hydrogens (tertiary/aromatic N) is 1. The molecule has 1 aliphatic heterocycles. The molecule has 1 amide bonds. The molecular weight excluding hydrogens is 240 g/mol. The van der Waals surface area contributed by atoms with Gasteiger partial charge in [-0.05, 0) is 45.7 Å². The lowest BCUT2D eigenvalue weighted by atomic mass is 9.78. The maximum absolute atomic E-state index is 13.0. The molecule has 0 aromatic rings. The zero-order chi connectivity index (χ0) is 14.5. The van der Waals surface area contributed by atoms with Crippen LogP contribution < -0.4 is 5.32 Å². The van der Waals surface area contributed by atoms with E-state index in [-0.39, 0.29) is 17.4 Å². The summed E-state index contributed by atoms with van der Waals surface area (Å²) in [5.74, 6) is 0.771. The van der Waals surface area contributed by atoms with Crippen LogP contribution in [-0.4, -0.2) is 50.2 Å². The van der Waals surface area contributed by atoms with Crippen molar-refractivity contribution in [1.29, 1.82) is 0 Å². The van der Waals surface area contributed by atoms with Crippen molar-refractivity contribution in [3.8, 4) is 0 Å². The van der Waals surface area contributed by atoms with Crippen LogP contribution in [0.4, 0.5) is 0 Å². The van der Waals surface area contributed by atoms with Gasteiger partial charge in [0.15, 0.2) is 0 Å². The van der Waals surface area contributed by atoms with Crippen LogP contribution in [0.15, 0.2) is 0 Å². The first kappa shape index (κ1) is 16.4. The van der Waals surface area contributed by atoms with E-state index in [9.17, 15) is 4.79 Å². The molecule has 1 N–H and O–H groups in total. The third-order valence-corrected chi connectivity index (χ3v) is 3.88. The molecule has 0 atom stereocenters. The van der Waals surface area contributed by atoms with Crippen LogP contribution in [0, 0.1) is 11.3 Å². The van der Waals surface area contributed by atoms with Crippen molar-refractivity contribution < 1.29 is 9.53 Å². The smallest absolute Gasteiger partial charge is 0.231 e. The predicted molar refractivity (Wildman–Crippen MR) is 78.1 cm³/mol. The van der Waals surface area contributed by atoms with Crippen molar-refractivity contribution in [3.05, 3.63) is 0 Å². The van der Waals surface area contributed by atoms with Gasteiger partial charge < -0.3 is 15.0 Å². The summed E-state index contributed by atoms with van der Waals surface area (Å²) in [6.45, 7) is 11.7. The molecule has 0 aliphatic carbocycles. The highest BCUT2D eigenvalue weighted by Crippen LogP contribution is 2.32. The third-order valence-electron chi connectivity index (χ3n) is 3.88. The lowest BCUT2D eigenvalue weighted by Gasteiger charge is -2.41. The van der Waals surface area contributed by atoms with Gasteiger partial charge in [0.2, 0.25) is 5.91 Å². The third kappa shape index (κ3) is 4.18. The molecule has 0 radical (unpaired) electrons. The second kappa shape index (κ2) is 7.25. The minimum absolute atomic E-state index is 0.249. The summed E-state index contributed by atoms with van der Waals surface area (Å²) in [7, 11) is 1.69. The Morgan fingerprint density at radius 1 is 1.26 bits per heavy atom. The molecule has 4 heteroatoms. The number of hydrogen-bond acceptors (Lipinski definition) is 3. The Morgan fingerprint density at radius 3 is 2.26 bits per heavy atom. The summed E-state index contributed by atoms with van der Waals surface area (Å²) in [6, 6.07) is 0.249. The van der Waals surface area contributed by atoms with Gasteiger partial charge in [0.25, 0.3) is 0 Å². The fourth-order valence-electron chi connectivity index (χ4n) is 2.83. The maximum Gasteiger partial charge on any atom is 0.231 e. The van der Waals surface area contributed by atoms with Crippen LogP contribution in [0.5, 0.6) is 0 Å². The van der Waals surface area contributed by atoms with E-state index in [2.05, 4.69) is 33.0 Å². The van der Waals surface area contributed by atoms with Gasteiger partial charge in [-0.1, -0.05) is 13.8 Å². The Balaban J connectivity index is 2.89. The van der Waals surface area contributed by atoms with Gasteiger partial charge in [-0.2, -0.15) is 0 Å². The summed E-state index contributed by atoms with van der Waals surface area (Å²) < 4.78 is 5.37. The molecule has 1 aliphatic rings. The highest BCUT2D eigenvalue weighted by Gasteiger charge is 2.42. The largest absolute Gasteiger partial charge is 0.384 e. The van der Waals surface area contributed by atoms with E-state index in [0.717, 1.165) is 32.5 Å². The average molecular weight is 270 g/mol. The molecule has 1 fully saturated rings. The fraction of sp³-hybridized carbons (Fsp3) is 0.933. The van der Waals surface area contributed by atoms with E-state index in [4.69, 9.17) is 4.74 Å². The summed E-state index contributed by atoms with van der Waals surface area (Å²) in [6.07, 6.45) is 1.75. The molecule has 112 valence electrons. The molecule has 1 rings (SSSR count). The Morgan fingerprint density at radius 2 is 1.84 bits per heavy atom. The van der Waals surface area contributed by atoms with Crippen LogP contribution in [0.3, 0.4) is 0 Å². The number of piperidine rings is 1.